The number of aliphatic carboxylic acids is 1. The lowest BCUT2D eigenvalue weighted by molar-refractivity contribution is -0.142. The Morgan fingerprint density at radius 1 is 1.25 bits per heavy atom. The molecule has 0 unspecified atom stereocenters. The molecule has 1 aromatic rings. The third-order valence-electron chi connectivity index (χ3n) is 3.85. The van der Waals surface area contributed by atoms with Gasteiger partial charge in [0.05, 0.1) is 5.92 Å². The van der Waals surface area contributed by atoms with Gasteiger partial charge in [-0.3, -0.25) is 9.59 Å². The summed E-state index contributed by atoms with van der Waals surface area (Å²) in [7, 11) is 0. The van der Waals surface area contributed by atoms with Gasteiger partial charge in [0, 0.05) is 16.1 Å². The summed E-state index contributed by atoms with van der Waals surface area (Å²) in [5.74, 6) is -1.07. The number of rotatable bonds is 3. The van der Waals surface area contributed by atoms with Crippen molar-refractivity contribution in [3.63, 3.8) is 0 Å². The lowest BCUT2D eigenvalue weighted by Crippen LogP contribution is -2.38. The molecule has 1 aliphatic carbocycles. The van der Waals surface area contributed by atoms with E-state index in [9.17, 15) is 9.59 Å². The normalized spacial score (nSPS) is 22.3. The van der Waals surface area contributed by atoms with Gasteiger partial charge in [-0.1, -0.05) is 22.0 Å². The van der Waals surface area contributed by atoms with Crippen molar-refractivity contribution >= 4 is 27.8 Å². The monoisotopic (exact) mass is 339 g/mol. The van der Waals surface area contributed by atoms with Crippen molar-refractivity contribution in [2.45, 2.75) is 38.6 Å². The molecule has 0 saturated heterocycles. The maximum Gasteiger partial charge on any atom is 0.306 e. The molecular weight excluding hydrogens is 322 g/mol. The highest BCUT2D eigenvalue weighted by molar-refractivity contribution is 9.10. The number of benzene rings is 1. The van der Waals surface area contributed by atoms with E-state index >= 15 is 0 Å². The van der Waals surface area contributed by atoms with Gasteiger partial charge in [-0.2, -0.15) is 0 Å². The van der Waals surface area contributed by atoms with Gasteiger partial charge in [0.1, 0.15) is 0 Å². The molecule has 4 nitrogen and oxygen atoms in total. The van der Waals surface area contributed by atoms with Crippen LogP contribution in [0.5, 0.6) is 0 Å². The van der Waals surface area contributed by atoms with Crippen LogP contribution in [-0.4, -0.2) is 23.0 Å². The molecule has 0 atom stereocenters. The Balaban J connectivity index is 1.92. The van der Waals surface area contributed by atoms with Crippen LogP contribution in [0.1, 0.15) is 41.6 Å². The van der Waals surface area contributed by atoms with Gasteiger partial charge >= 0.3 is 5.97 Å². The quantitative estimate of drug-likeness (QED) is 0.888. The van der Waals surface area contributed by atoms with E-state index < -0.39 is 5.97 Å². The smallest absolute Gasteiger partial charge is 0.306 e. The summed E-state index contributed by atoms with van der Waals surface area (Å²) in [6.45, 7) is 1.97. The van der Waals surface area contributed by atoms with E-state index in [4.69, 9.17) is 5.11 Å². The van der Waals surface area contributed by atoms with Crippen LogP contribution in [0.15, 0.2) is 22.7 Å². The number of hydrogen-bond acceptors (Lipinski definition) is 2. The maximum absolute atomic E-state index is 12.1. The average Bonchev–Trinajstić information content (AvgIpc) is 2.42. The lowest BCUT2D eigenvalue weighted by Gasteiger charge is -2.26. The Bertz CT molecular complexity index is 522. The fraction of sp³-hybridized carbons (Fsp3) is 0.467. The molecule has 20 heavy (non-hydrogen) atoms. The number of carboxylic acid groups (broad SMARTS) is 1. The highest BCUT2D eigenvalue weighted by atomic mass is 79.9. The molecule has 1 aromatic carbocycles. The van der Waals surface area contributed by atoms with Crippen molar-refractivity contribution in [3.8, 4) is 0 Å². The van der Waals surface area contributed by atoms with Gasteiger partial charge in [0.25, 0.3) is 5.91 Å². The fourth-order valence-corrected chi connectivity index (χ4v) is 2.87. The molecule has 2 rings (SSSR count). The minimum Gasteiger partial charge on any atom is -0.481 e. The van der Waals surface area contributed by atoms with Gasteiger partial charge in [0.2, 0.25) is 0 Å². The Hall–Kier alpha value is -1.36. The van der Waals surface area contributed by atoms with Gasteiger partial charge in [0.15, 0.2) is 0 Å². The standard InChI is InChI=1S/C15H18BrNO3/c1-9-2-3-11(8-13(9)16)14(18)17-12-6-4-10(5-7-12)15(19)20/h2-3,8,10,12H,4-7H2,1H3,(H,17,18)(H,19,20). The van der Waals surface area contributed by atoms with Crippen LogP contribution in [0, 0.1) is 12.8 Å². The van der Waals surface area contributed by atoms with Crippen LogP contribution >= 0.6 is 15.9 Å². The van der Waals surface area contributed by atoms with E-state index in [-0.39, 0.29) is 17.9 Å². The molecular formula is C15H18BrNO3. The fourth-order valence-electron chi connectivity index (χ4n) is 2.49. The van der Waals surface area contributed by atoms with Crippen LogP contribution in [0.25, 0.3) is 0 Å². The second kappa shape index (κ2) is 6.39. The zero-order chi connectivity index (χ0) is 14.7. The molecule has 1 amide bonds. The summed E-state index contributed by atoms with van der Waals surface area (Å²) in [5, 5.41) is 11.9. The van der Waals surface area contributed by atoms with Gasteiger partial charge in [-0.15, -0.1) is 0 Å². The molecule has 0 bridgehead atoms. The van der Waals surface area contributed by atoms with Crippen LogP contribution in [0.4, 0.5) is 0 Å². The second-order valence-corrected chi connectivity index (χ2v) is 6.18. The predicted octanol–water partition coefficient (Wildman–Crippen LogP) is 3.13. The number of nitrogens with one attached hydrogen (secondary N) is 1. The van der Waals surface area contributed by atoms with Crippen molar-refractivity contribution in [1.29, 1.82) is 0 Å². The number of hydrogen-bond donors (Lipinski definition) is 2. The Labute approximate surface area is 126 Å². The molecule has 0 radical (unpaired) electrons. The maximum atomic E-state index is 12.1. The van der Waals surface area contributed by atoms with E-state index in [1.807, 2.05) is 19.1 Å². The predicted molar refractivity (Wildman–Crippen MR) is 79.7 cm³/mol. The minimum atomic E-state index is -0.725. The second-order valence-electron chi connectivity index (χ2n) is 5.32. The summed E-state index contributed by atoms with van der Waals surface area (Å²) < 4.78 is 0.916. The van der Waals surface area contributed by atoms with E-state index in [1.165, 1.54) is 0 Å². The third-order valence-corrected chi connectivity index (χ3v) is 4.70. The SMILES string of the molecule is Cc1ccc(C(=O)NC2CCC(C(=O)O)CC2)cc1Br. The van der Waals surface area contributed by atoms with Crippen LogP contribution in [0.2, 0.25) is 0 Å². The Kier molecular flexibility index (Phi) is 4.81. The number of halogens is 1. The first kappa shape index (κ1) is 15.0. The van der Waals surface area contributed by atoms with Gasteiger partial charge in [-0.25, -0.2) is 0 Å². The van der Waals surface area contributed by atoms with Gasteiger partial charge in [-0.05, 0) is 50.3 Å². The van der Waals surface area contributed by atoms with E-state index in [1.54, 1.807) is 6.07 Å². The zero-order valence-electron chi connectivity index (χ0n) is 11.4. The minimum absolute atomic E-state index is 0.0816. The Morgan fingerprint density at radius 2 is 1.90 bits per heavy atom. The summed E-state index contributed by atoms with van der Waals surface area (Å²) in [4.78, 5) is 23.0. The highest BCUT2D eigenvalue weighted by Crippen LogP contribution is 2.25. The zero-order valence-corrected chi connectivity index (χ0v) is 12.9. The van der Waals surface area contributed by atoms with Crippen molar-refractivity contribution < 1.29 is 14.7 Å². The first-order chi connectivity index (χ1) is 9.47. The molecule has 0 heterocycles. The molecule has 108 valence electrons. The number of carbonyl (C=O) groups excluding carboxylic acids is 1. The van der Waals surface area contributed by atoms with Crippen LogP contribution in [-0.2, 0) is 4.79 Å². The summed E-state index contributed by atoms with van der Waals surface area (Å²) in [6, 6.07) is 5.60. The van der Waals surface area contributed by atoms with Crippen LogP contribution in [0.3, 0.4) is 0 Å². The first-order valence-corrected chi connectivity index (χ1v) is 7.56. The number of carboxylic acids is 1. The summed E-state index contributed by atoms with van der Waals surface area (Å²) in [6.07, 6.45) is 2.74. The number of aryl methyl sites for hydroxylation is 1. The molecule has 5 heteroatoms. The van der Waals surface area contributed by atoms with E-state index in [2.05, 4.69) is 21.2 Å². The topological polar surface area (TPSA) is 66.4 Å². The molecule has 2 N–H and O–H groups in total. The molecule has 1 fully saturated rings. The average molecular weight is 340 g/mol. The highest BCUT2D eigenvalue weighted by Gasteiger charge is 2.26. The first-order valence-electron chi connectivity index (χ1n) is 6.77. The molecule has 1 aliphatic rings. The van der Waals surface area contributed by atoms with Crippen molar-refractivity contribution in [2.24, 2.45) is 5.92 Å². The van der Waals surface area contributed by atoms with Crippen molar-refractivity contribution in [3.05, 3.63) is 33.8 Å². The molecule has 0 aliphatic heterocycles. The largest absolute Gasteiger partial charge is 0.481 e. The van der Waals surface area contributed by atoms with E-state index in [0.717, 1.165) is 22.9 Å². The number of carbonyl (C=O) groups is 2. The summed E-state index contributed by atoms with van der Waals surface area (Å²) in [5.41, 5.74) is 1.71. The Morgan fingerprint density at radius 3 is 2.45 bits per heavy atom. The molecule has 0 spiro atoms. The third kappa shape index (κ3) is 3.60. The van der Waals surface area contributed by atoms with Crippen molar-refractivity contribution in [2.75, 3.05) is 0 Å². The molecule has 0 aromatic heterocycles. The van der Waals surface area contributed by atoms with Crippen molar-refractivity contribution in [1.82, 2.24) is 5.32 Å². The number of amides is 1. The van der Waals surface area contributed by atoms with Crippen LogP contribution < -0.4 is 5.32 Å². The lowest BCUT2D eigenvalue weighted by atomic mass is 9.86. The summed E-state index contributed by atoms with van der Waals surface area (Å²) >= 11 is 3.42. The molecule has 1 saturated carbocycles. The van der Waals surface area contributed by atoms with E-state index in [0.29, 0.717) is 18.4 Å². The van der Waals surface area contributed by atoms with Gasteiger partial charge < -0.3 is 10.4 Å².